The maximum Gasteiger partial charge on any atom is 0.252 e. The van der Waals surface area contributed by atoms with Crippen molar-refractivity contribution >= 4 is 29.3 Å². The summed E-state index contributed by atoms with van der Waals surface area (Å²) >= 11 is 1.34. The molecule has 0 radical (unpaired) electrons. The summed E-state index contributed by atoms with van der Waals surface area (Å²) in [5, 5.41) is 2.95. The van der Waals surface area contributed by atoms with Crippen LogP contribution in [-0.4, -0.2) is 67.9 Å². The van der Waals surface area contributed by atoms with Crippen molar-refractivity contribution in [2.24, 2.45) is 0 Å². The number of ether oxygens (including phenoxy) is 1. The van der Waals surface area contributed by atoms with Gasteiger partial charge in [-0.05, 0) is 32.0 Å². The first kappa shape index (κ1) is 18.2. The van der Waals surface area contributed by atoms with E-state index in [2.05, 4.69) is 10.2 Å². The van der Waals surface area contributed by atoms with Crippen LogP contribution < -0.4 is 10.2 Å². The fourth-order valence-electron chi connectivity index (χ4n) is 3.16. The molecule has 0 aliphatic carbocycles. The molecule has 136 valence electrons. The molecule has 0 saturated carbocycles. The molecule has 7 heteroatoms. The number of carbonyl (C=O) groups is 2. The number of rotatable bonds is 5. The molecule has 0 bridgehead atoms. The summed E-state index contributed by atoms with van der Waals surface area (Å²) in [4.78, 5) is 30.3. The maximum absolute atomic E-state index is 12.8. The Hall–Kier alpha value is -1.57. The van der Waals surface area contributed by atoms with Crippen LogP contribution >= 0.6 is 11.8 Å². The number of anilines is 1. The van der Waals surface area contributed by atoms with Gasteiger partial charge in [0.1, 0.15) is 0 Å². The zero-order chi connectivity index (χ0) is 17.9. The number of thioether (sulfide) groups is 1. The fraction of sp³-hybridized carbons (Fsp3) is 0.556. The van der Waals surface area contributed by atoms with Crippen LogP contribution in [0.5, 0.6) is 0 Å². The van der Waals surface area contributed by atoms with E-state index >= 15 is 0 Å². The summed E-state index contributed by atoms with van der Waals surface area (Å²) in [6, 6.07) is 7.68. The predicted octanol–water partition coefficient (Wildman–Crippen LogP) is 1.35. The second kappa shape index (κ2) is 7.76. The van der Waals surface area contributed by atoms with E-state index in [1.54, 1.807) is 18.9 Å². The summed E-state index contributed by atoms with van der Waals surface area (Å²) < 4.78 is 4.21. The lowest BCUT2D eigenvalue weighted by Crippen LogP contribution is -2.55. The van der Waals surface area contributed by atoms with Crippen LogP contribution in [0.25, 0.3) is 0 Å². The Bertz CT molecular complexity index is 648. The van der Waals surface area contributed by atoms with E-state index in [-0.39, 0.29) is 11.8 Å². The van der Waals surface area contributed by atoms with Crippen LogP contribution in [0.3, 0.4) is 0 Å². The molecule has 2 amide bonds. The molecule has 1 aromatic rings. The molecule has 0 aromatic heterocycles. The monoisotopic (exact) mass is 363 g/mol. The van der Waals surface area contributed by atoms with E-state index in [4.69, 9.17) is 4.74 Å². The Morgan fingerprint density at radius 1 is 1.32 bits per heavy atom. The molecule has 1 aromatic carbocycles. The third-order valence-corrected chi connectivity index (χ3v) is 6.06. The number of morpholine rings is 1. The van der Waals surface area contributed by atoms with E-state index in [1.165, 1.54) is 11.8 Å². The number of hydrogen-bond acceptors (Lipinski definition) is 5. The highest BCUT2D eigenvalue weighted by Gasteiger charge is 2.48. The second-order valence-corrected chi connectivity index (χ2v) is 7.99. The normalized spacial score (nSPS) is 24.1. The van der Waals surface area contributed by atoms with Gasteiger partial charge < -0.3 is 15.0 Å². The average Bonchev–Trinajstić information content (AvgIpc) is 2.64. The molecule has 1 unspecified atom stereocenters. The van der Waals surface area contributed by atoms with Crippen molar-refractivity contribution in [3.8, 4) is 0 Å². The summed E-state index contributed by atoms with van der Waals surface area (Å²) in [7, 11) is 1.73. The van der Waals surface area contributed by atoms with Gasteiger partial charge in [-0.15, -0.1) is 0 Å². The van der Waals surface area contributed by atoms with Gasteiger partial charge >= 0.3 is 0 Å². The van der Waals surface area contributed by atoms with Crippen LogP contribution in [0.4, 0.5) is 5.69 Å². The molecule has 1 N–H and O–H groups in total. The molecule has 2 heterocycles. The molecule has 0 spiro atoms. The van der Waals surface area contributed by atoms with Crippen molar-refractivity contribution in [3.63, 3.8) is 0 Å². The number of nitrogens with zero attached hydrogens (tertiary/aromatic N) is 2. The van der Waals surface area contributed by atoms with E-state index < -0.39 is 4.75 Å². The van der Waals surface area contributed by atoms with Crippen molar-refractivity contribution in [3.05, 3.63) is 24.3 Å². The van der Waals surface area contributed by atoms with Gasteiger partial charge in [-0.1, -0.05) is 23.9 Å². The Balaban J connectivity index is 1.56. The lowest BCUT2D eigenvalue weighted by molar-refractivity contribution is -0.131. The van der Waals surface area contributed by atoms with E-state index in [1.807, 2.05) is 24.3 Å². The van der Waals surface area contributed by atoms with Crippen molar-refractivity contribution in [2.45, 2.75) is 23.0 Å². The number of para-hydroxylation sites is 1. The highest BCUT2D eigenvalue weighted by molar-refractivity contribution is 8.02. The van der Waals surface area contributed by atoms with E-state index in [0.717, 1.165) is 49.9 Å². The Kier molecular flexibility index (Phi) is 5.66. The van der Waals surface area contributed by atoms with Gasteiger partial charge in [0.2, 0.25) is 5.91 Å². The first-order chi connectivity index (χ1) is 12.0. The van der Waals surface area contributed by atoms with Crippen molar-refractivity contribution in [1.82, 2.24) is 10.2 Å². The van der Waals surface area contributed by atoms with Crippen LogP contribution in [0.1, 0.15) is 13.3 Å². The van der Waals surface area contributed by atoms with Gasteiger partial charge in [-0.25, -0.2) is 0 Å². The molecular formula is C18H25N3O3S. The molecule has 3 rings (SSSR count). The topological polar surface area (TPSA) is 61.9 Å². The molecule has 2 aliphatic rings. The number of amides is 2. The molecular weight excluding hydrogens is 338 g/mol. The first-order valence-corrected chi connectivity index (χ1v) is 9.48. The van der Waals surface area contributed by atoms with Crippen LogP contribution in [0.2, 0.25) is 0 Å². The lowest BCUT2D eigenvalue weighted by Gasteiger charge is -2.37. The first-order valence-electron chi connectivity index (χ1n) is 8.67. The Morgan fingerprint density at radius 3 is 2.80 bits per heavy atom. The molecule has 1 saturated heterocycles. The Labute approximate surface area is 152 Å². The largest absolute Gasteiger partial charge is 0.379 e. The highest BCUT2D eigenvalue weighted by Crippen LogP contribution is 2.44. The molecule has 1 atom stereocenters. The minimum absolute atomic E-state index is 0.179. The highest BCUT2D eigenvalue weighted by atomic mass is 32.2. The molecule has 2 aliphatic heterocycles. The third kappa shape index (κ3) is 3.83. The summed E-state index contributed by atoms with van der Waals surface area (Å²) in [6.45, 7) is 6.67. The lowest BCUT2D eigenvalue weighted by atomic mass is 10.1. The van der Waals surface area contributed by atoms with Gasteiger partial charge in [-0.2, -0.15) is 0 Å². The van der Waals surface area contributed by atoms with Gasteiger partial charge in [-0.3, -0.25) is 14.5 Å². The summed E-state index contributed by atoms with van der Waals surface area (Å²) in [6.07, 6.45) is 0.868. The second-order valence-electron chi connectivity index (χ2n) is 6.53. The van der Waals surface area contributed by atoms with Gasteiger partial charge in [0, 0.05) is 31.6 Å². The van der Waals surface area contributed by atoms with Crippen LogP contribution in [0, 0.1) is 0 Å². The number of hydrogen-bond donors (Lipinski definition) is 1. The average molecular weight is 363 g/mol. The van der Waals surface area contributed by atoms with Gasteiger partial charge in [0.15, 0.2) is 4.75 Å². The van der Waals surface area contributed by atoms with E-state index in [9.17, 15) is 9.59 Å². The zero-order valence-corrected chi connectivity index (χ0v) is 15.6. The standard InChI is InChI=1S/C18H25N3O3S/c1-18(16(22)19-8-5-9-21-10-12-24-13-11-21)17(23)20(2)14-6-3-4-7-15(14)25-18/h3-4,6-7H,5,8-13H2,1-2H3,(H,19,22). The minimum Gasteiger partial charge on any atom is -0.379 e. The van der Waals surface area contributed by atoms with Crippen molar-refractivity contribution in [2.75, 3.05) is 51.3 Å². The van der Waals surface area contributed by atoms with Crippen LogP contribution in [-0.2, 0) is 14.3 Å². The smallest absolute Gasteiger partial charge is 0.252 e. The summed E-state index contributed by atoms with van der Waals surface area (Å²) in [5.41, 5.74) is 0.857. The number of nitrogens with one attached hydrogen (secondary N) is 1. The van der Waals surface area contributed by atoms with E-state index in [0.29, 0.717) is 6.54 Å². The SMILES string of the molecule is CN1C(=O)C(C)(C(=O)NCCCN2CCOCC2)Sc2ccccc21. The minimum atomic E-state index is -1.12. The quantitative estimate of drug-likeness (QED) is 0.632. The van der Waals surface area contributed by atoms with Gasteiger partial charge in [0.05, 0.1) is 18.9 Å². The zero-order valence-electron chi connectivity index (χ0n) is 14.8. The molecule has 25 heavy (non-hydrogen) atoms. The third-order valence-electron chi connectivity index (χ3n) is 4.73. The maximum atomic E-state index is 12.8. The molecule has 1 fully saturated rings. The Morgan fingerprint density at radius 2 is 2.04 bits per heavy atom. The number of fused-ring (bicyclic) bond motifs is 1. The summed E-state index contributed by atoms with van der Waals surface area (Å²) in [5.74, 6) is -0.396. The van der Waals surface area contributed by atoms with Crippen molar-refractivity contribution in [1.29, 1.82) is 0 Å². The number of carbonyl (C=O) groups excluding carboxylic acids is 2. The van der Waals surface area contributed by atoms with Crippen LogP contribution in [0.15, 0.2) is 29.2 Å². The number of benzene rings is 1. The predicted molar refractivity (Wildman–Crippen MR) is 99.0 cm³/mol. The van der Waals surface area contributed by atoms with Gasteiger partial charge in [0.25, 0.3) is 5.91 Å². The molecule has 6 nitrogen and oxygen atoms in total. The van der Waals surface area contributed by atoms with Crippen molar-refractivity contribution < 1.29 is 14.3 Å². The fourth-order valence-corrected chi connectivity index (χ4v) is 4.44.